The molecule has 11 heteroatoms. The van der Waals surface area contributed by atoms with Crippen molar-refractivity contribution in [3.63, 3.8) is 0 Å². The first-order valence-electron chi connectivity index (χ1n) is 7.52. The first-order valence-corrected chi connectivity index (χ1v) is 8.96. The Morgan fingerprint density at radius 2 is 2.04 bits per heavy atom. The van der Waals surface area contributed by atoms with Gasteiger partial charge in [-0.15, -0.1) is 0 Å². The number of carbonyl (C=O) groups excluding carboxylic acids is 1. The first-order chi connectivity index (χ1) is 11.9. The molecule has 0 radical (unpaired) electrons. The summed E-state index contributed by atoms with van der Waals surface area (Å²) in [7, 11) is -0.631. The molecule has 0 atom stereocenters. The number of amides is 2. The topological polar surface area (TPSA) is 121 Å². The molecule has 10 nitrogen and oxygen atoms in total. The van der Waals surface area contributed by atoms with E-state index in [4.69, 9.17) is 0 Å². The predicted octanol–water partition coefficient (Wildman–Crippen LogP) is -0.537. The highest BCUT2D eigenvalue weighted by Crippen LogP contribution is 2.05. The van der Waals surface area contributed by atoms with E-state index in [1.54, 1.807) is 35.4 Å². The predicted molar refractivity (Wildman–Crippen MR) is 92.2 cm³/mol. The third kappa shape index (κ3) is 5.81. The maximum atomic E-state index is 11.7. The molecule has 2 heterocycles. The average Bonchev–Trinajstić information content (AvgIpc) is 3.12. The fourth-order valence-corrected chi connectivity index (χ4v) is 2.45. The van der Waals surface area contributed by atoms with Gasteiger partial charge < -0.3 is 10.6 Å². The maximum Gasteiger partial charge on any atom is 0.315 e. The van der Waals surface area contributed by atoms with Crippen molar-refractivity contribution in [2.45, 2.75) is 6.54 Å². The van der Waals surface area contributed by atoms with Gasteiger partial charge >= 0.3 is 6.03 Å². The summed E-state index contributed by atoms with van der Waals surface area (Å²) in [5.74, 6) is 0.655. The summed E-state index contributed by atoms with van der Waals surface area (Å²) >= 11 is 0. The van der Waals surface area contributed by atoms with Crippen LogP contribution in [-0.2, 0) is 16.8 Å². The second-order valence-corrected chi connectivity index (χ2v) is 7.23. The minimum atomic E-state index is -3.48. The van der Waals surface area contributed by atoms with E-state index in [1.807, 2.05) is 6.07 Å². The van der Waals surface area contributed by atoms with Gasteiger partial charge in [-0.05, 0) is 23.8 Å². The van der Waals surface area contributed by atoms with Crippen LogP contribution in [0, 0.1) is 0 Å². The molecule has 0 aliphatic rings. The van der Waals surface area contributed by atoms with E-state index in [0.717, 1.165) is 9.87 Å². The Morgan fingerprint density at radius 3 is 2.72 bits per heavy atom. The molecule has 2 amide bonds. The fraction of sp³-hybridized carbons (Fsp3) is 0.357. The molecule has 0 spiro atoms. The normalized spacial score (nSPS) is 11.5. The third-order valence-electron chi connectivity index (χ3n) is 3.18. The molecule has 2 aromatic heterocycles. The molecule has 0 saturated carbocycles. The highest BCUT2D eigenvalue weighted by molar-refractivity contribution is 7.87. The van der Waals surface area contributed by atoms with Crippen molar-refractivity contribution < 1.29 is 13.2 Å². The molecule has 0 aliphatic heterocycles. The van der Waals surface area contributed by atoms with Crippen LogP contribution in [0.1, 0.15) is 5.56 Å². The fourth-order valence-electron chi connectivity index (χ4n) is 1.83. The zero-order chi connectivity index (χ0) is 18.3. The Morgan fingerprint density at radius 1 is 1.24 bits per heavy atom. The number of pyridine rings is 1. The molecule has 0 bridgehead atoms. The summed E-state index contributed by atoms with van der Waals surface area (Å²) in [4.78, 5) is 16.0. The summed E-state index contributed by atoms with van der Waals surface area (Å²) < 4.78 is 28.0. The van der Waals surface area contributed by atoms with Gasteiger partial charge in [0, 0.05) is 52.3 Å². The lowest BCUT2D eigenvalue weighted by molar-refractivity contribution is 0.240. The van der Waals surface area contributed by atoms with Crippen LogP contribution in [0.25, 0.3) is 5.82 Å². The molecular weight excluding hydrogens is 346 g/mol. The van der Waals surface area contributed by atoms with E-state index >= 15 is 0 Å². The van der Waals surface area contributed by atoms with Gasteiger partial charge in [0.05, 0.1) is 0 Å². The Balaban J connectivity index is 1.74. The highest BCUT2D eigenvalue weighted by atomic mass is 32.2. The summed E-state index contributed by atoms with van der Waals surface area (Å²) in [6.07, 6.45) is 5.08. The van der Waals surface area contributed by atoms with Crippen LogP contribution < -0.4 is 15.4 Å². The number of hydrogen-bond acceptors (Lipinski definition) is 5. The molecule has 0 unspecified atom stereocenters. The van der Waals surface area contributed by atoms with Crippen molar-refractivity contribution in [3.05, 3.63) is 42.4 Å². The Bertz CT molecular complexity index is 791. The Kier molecular flexibility index (Phi) is 6.44. The lowest BCUT2D eigenvalue weighted by Gasteiger charge is -2.13. The first kappa shape index (κ1) is 18.8. The number of carbonyl (C=O) groups is 1. The van der Waals surface area contributed by atoms with Gasteiger partial charge in [0.25, 0.3) is 10.2 Å². The molecule has 3 N–H and O–H groups in total. The quantitative estimate of drug-likeness (QED) is 0.541. The molecule has 136 valence electrons. The van der Waals surface area contributed by atoms with Gasteiger partial charge in [0.15, 0.2) is 5.82 Å². The van der Waals surface area contributed by atoms with Crippen LogP contribution in [-0.4, -0.2) is 60.7 Å². The van der Waals surface area contributed by atoms with Gasteiger partial charge in [0.2, 0.25) is 0 Å². The van der Waals surface area contributed by atoms with Crippen molar-refractivity contribution in [1.82, 2.24) is 34.4 Å². The number of nitrogens with one attached hydrogen (secondary N) is 3. The molecule has 2 rings (SSSR count). The zero-order valence-electron chi connectivity index (χ0n) is 14.0. The van der Waals surface area contributed by atoms with E-state index in [-0.39, 0.29) is 19.1 Å². The van der Waals surface area contributed by atoms with Crippen LogP contribution in [0.4, 0.5) is 4.79 Å². The van der Waals surface area contributed by atoms with Crippen molar-refractivity contribution in [1.29, 1.82) is 0 Å². The van der Waals surface area contributed by atoms with E-state index in [1.165, 1.54) is 14.1 Å². The van der Waals surface area contributed by atoms with E-state index < -0.39 is 10.2 Å². The van der Waals surface area contributed by atoms with E-state index in [9.17, 15) is 13.2 Å². The van der Waals surface area contributed by atoms with Crippen molar-refractivity contribution in [3.8, 4) is 5.82 Å². The Labute approximate surface area is 146 Å². The molecule has 25 heavy (non-hydrogen) atoms. The molecule has 0 aliphatic carbocycles. The summed E-state index contributed by atoms with van der Waals surface area (Å²) in [6.45, 7) is 0.590. The zero-order valence-corrected chi connectivity index (χ0v) is 14.8. The monoisotopic (exact) mass is 367 g/mol. The van der Waals surface area contributed by atoms with Gasteiger partial charge in [-0.25, -0.2) is 19.2 Å². The van der Waals surface area contributed by atoms with Crippen LogP contribution in [0.5, 0.6) is 0 Å². The third-order valence-corrected chi connectivity index (χ3v) is 4.71. The lowest BCUT2D eigenvalue weighted by atomic mass is 10.2. The summed E-state index contributed by atoms with van der Waals surface area (Å²) in [5.41, 5.74) is 0.865. The maximum absolute atomic E-state index is 11.7. The lowest BCUT2D eigenvalue weighted by Crippen LogP contribution is -2.42. The minimum Gasteiger partial charge on any atom is -0.337 e. The molecule has 0 aromatic carbocycles. The second-order valence-electron chi connectivity index (χ2n) is 5.26. The smallest absolute Gasteiger partial charge is 0.315 e. The largest absolute Gasteiger partial charge is 0.337 e. The number of nitrogens with zero attached hydrogens (tertiary/aromatic N) is 4. The van der Waals surface area contributed by atoms with Gasteiger partial charge in [0.1, 0.15) is 0 Å². The molecule has 0 saturated heterocycles. The van der Waals surface area contributed by atoms with E-state index in [0.29, 0.717) is 12.4 Å². The highest BCUT2D eigenvalue weighted by Gasteiger charge is 2.11. The summed E-state index contributed by atoms with van der Waals surface area (Å²) in [6, 6.07) is 5.02. The van der Waals surface area contributed by atoms with Crippen molar-refractivity contribution >= 4 is 16.2 Å². The van der Waals surface area contributed by atoms with Crippen LogP contribution in [0.2, 0.25) is 0 Å². The number of urea groups is 1. The number of aromatic nitrogens is 3. The average molecular weight is 367 g/mol. The minimum absolute atomic E-state index is 0.104. The Hall–Kier alpha value is -2.50. The molecule has 2 aromatic rings. The SMILES string of the molecule is CN(C)S(=O)(=O)NCCNC(=O)NCc1ccnc(-n2cccn2)c1. The molecular formula is C14H21N7O3S. The number of rotatable bonds is 8. The van der Waals surface area contributed by atoms with Crippen LogP contribution in [0.15, 0.2) is 36.8 Å². The van der Waals surface area contributed by atoms with Crippen molar-refractivity contribution in [2.75, 3.05) is 27.2 Å². The summed E-state index contributed by atoms with van der Waals surface area (Å²) in [5, 5.41) is 9.37. The van der Waals surface area contributed by atoms with Crippen LogP contribution >= 0.6 is 0 Å². The number of hydrogen-bond donors (Lipinski definition) is 3. The second kappa shape index (κ2) is 8.55. The standard InChI is InChI=1S/C14H21N7O3S/c1-20(2)25(23,24)19-8-7-16-14(22)17-11-12-4-6-15-13(10-12)21-9-3-5-18-21/h3-6,9-10,19H,7-8,11H2,1-2H3,(H2,16,17,22). The van der Waals surface area contributed by atoms with Crippen molar-refractivity contribution in [2.24, 2.45) is 0 Å². The van der Waals surface area contributed by atoms with Gasteiger partial charge in [-0.2, -0.15) is 17.8 Å². The van der Waals surface area contributed by atoms with Gasteiger partial charge in [-0.1, -0.05) is 0 Å². The molecule has 0 fully saturated rings. The van der Waals surface area contributed by atoms with Gasteiger partial charge in [-0.3, -0.25) is 0 Å². The van der Waals surface area contributed by atoms with E-state index in [2.05, 4.69) is 25.4 Å². The van der Waals surface area contributed by atoms with Crippen LogP contribution in [0.3, 0.4) is 0 Å².